The van der Waals surface area contributed by atoms with Gasteiger partial charge in [0.05, 0.1) is 19.3 Å². The molecule has 0 spiro atoms. The molecule has 1 aromatic rings. The molecule has 1 atom stereocenters. The fourth-order valence-corrected chi connectivity index (χ4v) is 2.33. The van der Waals surface area contributed by atoms with Crippen molar-refractivity contribution in [1.82, 2.24) is 9.47 Å². The van der Waals surface area contributed by atoms with Crippen molar-refractivity contribution in [2.75, 3.05) is 19.8 Å². The van der Waals surface area contributed by atoms with E-state index < -0.39 is 0 Å². The number of aromatic nitrogens is 1. The van der Waals surface area contributed by atoms with Crippen LogP contribution in [0.25, 0.3) is 0 Å². The average molecular weight is 264 g/mol. The van der Waals surface area contributed by atoms with Gasteiger partial charge in [-0.25, -0.2) is 0 Å². The van der Waals surface area contributed by atoms with Gasteiger partial charge in [-0.2, -0.15) is 0 Å². The molecule has 1 aromatic heterocycles. The molecule has 0 bridgehead atoms. The summed E-state index contributed by atoms with van der Waals surface area (Å²) in [6.45, 7) is 6.28. The first-order valence-corrected chi connectivity index (χ1v) is 6.76. The number of rotatable bonds is 3. The topological polar surface area (TPSA) is 51.5 Å². The maximum atomic E-state index is 12.4. The van der Waals surface area contributed by atoms with Gasteiger partial charge in [0.1, 0.15) is 0 Å². The maximum absolute atomic E-state index is 12.4. The zero-order valence-electron chi connectivity index (χ0n) is 11.5. The standard InChI is InChI=1S/C14H20N2O3/c1-3-12-10-19-8-7-16(12)14(18)11-5-6-15(4-2)13(17)9-11/h5-6,9,12H,3-4,7-8,10H2,1-2H3/t12-/m0/s1. The smallest absolute Gasteiger partial charge is 0.254 e. The quantitative estimate of drug-likeness (QED) is 0.822. The van der Waals surface area contributed by atoms with E-state index in [0.29, 0.717) is 31.9 Å². The zero-order chi connectivity index (χ0) is 13.8. The van der Waals surface area contributed by atoms with E-state index in [0.717, 1.165) is 6.42 Å². The van der Waals surface area contributed by atoms with Gasteiger partial charge in [-0.1, -0.05) is 6.92 Å². The highest BCUT2D eigenvalue weighted by Crippen LogP contribution is 2.14. The van der Waals surface area contributed by atoms with Crippen molar-refractivity contribution in [3.63, 3.8) is 0 Å². The Hall–Kier alpha value is -1.62. The summed E-state index contributed by atoms with van der Waals surface area (Å²) >= 11 is 0. The molecule has 1 aliphatic heterocycles. The predicted octanol–water partition coefficient (Wildman–Crippen LogP) is 1.12. The van der Waals surface area contributed by atoms with Gasteiger partial charge < -0.3 is 14.2 Å². The number of carbonyl (C=O) groups excluding carboxylic acids is 1. The summed E-state index contributed by atoms with van der Waals surface area (Å²) in [6, 6.07) is 3.25. The van der Waals surface area contributed by atoms with E-state index in [-0.39, 0.29) is 17.5 Å². The second-order valence-corrected chi connectivity index (χ2v) is 4.68. The molecular formula is C14H20N2O3. The number of amides is 1. The van der Waals surface area contributed by atoms with Crippen molar-refractivity contribution in [2.45, 2.75) is 32.9 Å². The van der Waals surface area contributed by atoms with E-state index in [2.05, 4.69) is 0 Å². The van der Waals surface area contributed by atoms with Crippen LogP contribution >= 0.6 is 0 Å². The van der Waals surface area contributed by atoms with Crippen molar-refractivity contribution < 1.29 is 9.53 Å². The van der Waals surface area contributed by atoms with Gasteiger partial charge >= 0.3 is 0 Å². The van der Waals surface area contributed by atoms with Crippen LogP contribution in [0.2, 0.25) is 0 Å². The Balaban J connectivity index is 2.23. The molecule has 0 radical (unpaired) electrons. The summed E-state index contributed by atoms with van der Waals surface area (Å²) < 4.78 is 6.97. The number of carbonyl (C=O) groups is 1. The molecule has 0 aliphatic carbocycles. The van der Waals surface area contributed by atoms with Gasteiger partial charge in [0, 0.05) is 30.9 Å². The molecule has 5 heteroatoms. The number of pyridine rings is 1. The third-order valence-electron chi connectivity index (χ3n) is 3.54. The first kappa shape index (κ1) is 13.8. The average Bonchev–Trinajstić information content (AvgIpc) is 2.46. The Morgan fingerprint density at radius 3 is 2.89 bits per heavy atom. The van der Waals surface area contributed by atoms with Gasteiger partial charge in [-0.05, 0) is 19.4 Å². The van der Waals surface area contributed by atoms with E-state index in [1.165, 1.54) is 6.07 Å². The highest BCUT2D eigenvalue weighted by atomic mass is 16.5. The van der Waals surface area contributed by atoms with Crippen LogP contribution in [0.5, 0.6) is 0 Å². The minimum absolute atomic E-state index is 0.0736. The lowest BCUT2D eigenvalue weighted by atomic mass is 10.1. The van der Waals surface area contributed by atoms with Crippen molar-refractivity contribution in [1.29, 1.82) is 0 Å². The minimum Gasteiger partial charge on any atom is -0.377 e. The molecule has 0 N–H and O–H groups in total. The van der Waals surface area contributed by atoms with Crippen LogP contribution in [0.1, 0.15) is 30.6 Å². The van der Waals surface area contributed by atoms with Crippen LogP contribution < -0.4 is 5.56 Å². The van der Waals surface area contributed by atoms with E-state index in [9.17, 15) is 9.59 Å². The van der Waals surface area contributed by atoms with Crippen molar-refractivity contribution in [3.05, 3.63) is 34.2 Å². The summed E-state index contributed by atoms with van der Waals surface area (Å²) in [6.07, 6.45) is 2.54. The van der Waals surface area contributed by atoms with Crippen LogP contribution in [-0.4, -0.2) is 41.2 Å². The van der Waals surface area contributed by atoms with Crippen LogP contribution in [0, 0.1) is 0 Å². The number of hydrogen-bond donors (Lipinski definition) is 0. The van der Waals surface area contributed by atoms with Crippen LogP contribution in [0.3, 0.4) is 0 Å². The van der Waals surface area contributed by atoms with E-state index in [4.69, 9.17) is 4.74 Å². The predicted molar refractivity (Wildman–Crippen MR) is 72.3 cm³/mol. The molecule has 0 aromatic carbocycles. The Morgan fingerprint density at radius 1 is 1.47 bits per heavy atom. The minimum atomic E-state index is -0.130. The van der Waals surface area contributed by atoms with Crippen molar-refractivity contribution in [3.8, 4) is 0 Å². The lowest BCUT2D eigenvalue weighted by Gasteiger charge is -2.35. The molecule has 1 saturated heterocycles. The molecule has 1 amide bonds. The Bertz CT molecular complexity index is 510. The number of ether oxygens (including phenoxy) is 1. The SMILES string of the molecule is CC[C@H]1COCCN1C(=O)c1ccn(CC)c(=O)c1. The molecule has 5 nitrogen and oxygen atoms in total. The fraction of sp³-hybridized carbons (Fsp3) is 0.571. The molecule has 19 heavy (non-hydrogen) atoms. The van der Waals surface area contributed by atoms with Crippen molar-refractivity contribution in [2.24, 2.45) is 0 Å². The summed E-state index contributed by atoms with van der Waals surface area (Å²) in [5.41, 5.74) is 0.338. The van der Waals surface area contributed by atoms with E-state index in [1.54, 1.807) is 16.8 Å². The highest BCUT2D eigenvalue weighted by molar-refractivity contribution is 5.94. The summed E-state index contributed by atoms with van der Waals surface area (Å²) in [4.78, 5) is 26.0. The highest BCUT2D eigenvalue weighted by Gasteiger charge is 2.26. The Morgan fingerprint density at radius 2 is 2.26 bits per heavy atom. The summed E-state index contributed by atoms with van der Waals surface area (Å²) in [5.74, 6) is -0.0736. The first-order chi connectivity index (χ1) is 9.17. The molecule has 2 heterocycles. The molecule has 2 rings (SSSR count). The lowest BCUT2D eigenvalue weighted by Crippen LogP contribution is -2.48. The number of aryl methyl sites for hydroxylation is 1. The monoisotopic (exact) mass is 264 g/mol. The summed E-state index contributed by atoms with van der Waals surface area (Å²) in [7, 11) is 0. The normalized spacial score (nSPS) is 19.5. The molecule has 1 fully saturated rings. The third-order valence-corrected chi connectivity index (χ3v) is 3.54. The van der Waals surface area contributed by atoms with Crippen LogP contribution in [-0.2, 0) is 11.3 Å². The number of hydrogen-bond acceptors (Lipinski definition) is 3. The van der Waals surface area contributed by atoms with Crippen LogP contribution in [0.15, 0.2) is 23.1 Å². The zero-order valence-corrected chi connectivity index (χ0v) is 11.5. The first-order valence-electron chi connectivity index (χ1n) is 6.76. The van der Waals surface area contributed by atoms with E-state index in [1.807, 2.05) is 18.7 Å². The summed E-state index contributed by atoms with van der Waals surface area (Å²) in [5, 5.41) is 0. The number of nitrogens with zero attached hydrogens (tertiary/aromatic N) is 2. The number of morpholine rings is 1. The second kappa shape index (κ2) is 6.02. The second-order valence-electron chi connectivity index (χ2n) is 4.68. The Labute approximate surface area is 112 Å². The lowest BCUT2D eigenvalue weighted by molar-refractivity contribution is -0.00281. The molecule has 0 saturated carbocycles. The Kier molecular flexibility index (Phi) is 4.37. The van der Waals surface area contributed by atoms with Gasteiger partial charge in [0.15, 0.2) is 0 Å². The molecule has 104 valence electrons. The van der Waals surface area contributed by atoms with Gasteiger partial charge in [-0.3, -0.25) is 9.59 Å². The van der Waals surface area contributed by atoms with Crippen molar-refractivity contribution >= 4 is 5.91 Å². The largest absolute Gasteiger partial charge is 0.377 e. The molecule has 0 unspecified atom stereocenters. The maximum Gasteiger partial charge on any atom is 0.254 e. The fourth-order valence-electron chi connectivity index (χ4n) is 2.33. The van der Waals surface area contributed by atoms with Crippen LogP contribution in [0.4, 0.5) is 0 Å². The third kappa shape index (κ3) is 2.87. The van der Waals surface area contributed by atoms with Gasteiger partial charge in [0.2, 0.25) is 0 Å². The molecule has 1 aliphatic rings. The van der Waals surface area contributed by atoms with Gasteiger partial charge in [0.25, 0.3) is 11.5 Å². The molecular weight excluding hydrogens is 244 g/mol. The van der Waals surface area contributed by atoms with Gasteiger partial charge in [-0.15, -0.1) is 0 Å². The van der Waals surface area contributed by atoms with E-state index >= 15 is 0 Å².